The second-order valence-corrected chi connectivity index (χ2v) is 4.57. The third-order valence-corrected chi connectivity index (χ3v) is 3.21. The molecule has 0 amide bonds. The third kappa shape index (κ3) is 2.78. The van der Waals surface area contributed by atoms with Crippen molar-refractivity contribution in [2.75, 3.05) is 0 Å². The molecule has 0 saturated heterocycles. The van der Waals surface area contributed by atoms with Gasteiger partial charge in [0.2, 0.25) is 0 Å². The molecule has 0 aromatic heterocycles. The van der Waals surface area contributed by atoms with Crippen LogP contribution < -0.4 is 5.73 Å². The molecule has 12 heavy (non-hydrogen) atoms. The zero-order chi connectivity index (χ0) is 8.97. The Labute approximate surface area is 76.7 Å². The van der Waals surface area contributed by atoms with Gasteiger partial charge in [0.15, 0.2) is 0 Å². The van der Waals surface area contributed by atoms with Crippen LogP contribution in [0.1, 0.15) is 52.4 Å². The van der Waals surface area contributed by atoms with Gasteiger partial charge in [-0.15, -0.1) is 0 Å². The van der Waals surface area contributed by atoms with E-state index in [0.29, 0.717) is 12.0 Å². The maximum atomic E-state index is 6.16. The van der Waals surface area contributed by atoms with Crippen LogP contribution in [0.25, 0.3) is 0 Å². The Kier molecular flexibility index (Phi) is 4.07. The molecule has 0 radical (unpaired) electrons. The second kappa shape index (κ2) is 4.86. The summed E-state index contributed by atoms with van der Waals surface area (Å²) in [6.45, 7) is 4.49. The van der Waals surface area contributed by atoms with Crippen molar-refractivity contribution in [3.05, 3.63) is 0 Å². The van der Waals surface area contributed by atoms with Crippen LogP contribution in [-0.2, 0) is 0 Å². The van der Waals surface area contributed by atoms with Crippen molar-refractivity contribution < 1.29 is 0 Å². The first-order valence-corrected chi connectivity index (χ1v) is 5.47. The van der Waals surface area contributed by atoms with Gasteiger partial charge >= 0.3 is 0 Å². The monoisotopic (exact) mass is 169 g/mol. The molecule has 0 aromatic carbocycles. The number of hydrogen-bond acceptors (Lipinski definition) is 1. The van der Waals surface area contributed by atoms with Crippen LogP contribution in [0.15, 0.2) is 0 Å². The lowest BCUT2D eigenvalue weighted by atomic mass is 9.86. The van der Waals surface area contributed by atoms with Crippen LogP contribution in [0.5, 0.6) is 0 Å². The molecule has 0 spiro atoms. The van der Waals surface area contributed by atoms with E-state index in [1.54, 1.807) is 0 Å². The molecule has 2 N–H and O–H groups in total. The average Bonchev–Trinajstić information content (AvgIpc) is 2.30. The summed E-state index contributed by atoms with van der Waals surface area (Å²) >= 11 is 0. The summed E-state index contributed by atoms with van der Waals surface area (Å²) in [6.07, 6.45) is 8.43. The maximum Gasteiger partial charge on any atom is 0.00903 e. The lowest BCUT2D eigenvalue weighted by molar-refractivity contribution is 0.310. The van der Waals surface area contributed by atoms with Crippen molar-refractivity contribution in [3.8, 4) is 0 Å². The minimum absolute atomic E-state index is 0.447. The summed E-state index contributed by atoms with van der Waals surface area (Å²) < 4.78 is 0. The Bertz CT molecular complexity index is 112. The lowest BCUT2D eigenvalue weighted by Crippen LogP contribution is -2.34. The Morgan fingerprint density at radius 2 is 1.50 bits per heavy atom. The summed E-state index contributed by atoms with van der Waals surface area (Å²) in [4.78, 5) is 0. The Balaban J connectivity index is 2.37. The van der Waals surface area contributed by atoms with Crippen LogP contribution in [0.2, 0.25) is 0 Å². The highest BCUT2D eigenvalue weighted by atomic mass is 14.7. The predicted octanol–water partition coefficient (Wildman–Crippen LogP) is 2.94. The van der Waals surface area contributed by atoms with Gasteiger partial charge in [-0.3, -0.25) is 0 Å². The number of hydrogen-bond donors (Lipinski definition) is 1. The van der Waals surface area contributed by atoms with E-state index < -0.39 is 0 Å². The molecule has 1 aliphatic rings. The van der Waals surface area contributed by atoms with Crippen LogP contribution in [0.3, 0.4) is 0 Å². The first-order chi connectivity index (χ1) is 5.72. The highest BCUT2D eigenvalue weighted by molar-refractivity contribution is 4.77. The molecule has 1 aliphatic carbocycles. The molecule has 1 unspecified atom stereocenters. The van der Waals surface area contributed by atoms with Gasteiger partial charge in [0.05, 0.1) is 0 Å². The average molecular weight is 169 g/mol. The second-order valence-electron chi connectivity index (χ2n) is 4.57. The van der Waals surface area contributed by atoms with Crippen molar-refractivity contribution in [3.63, 3.8) is 0 Å². The smallest absolute Gasteiger partial charge is 0.00903 e. The van der Waals surface area contributed by atoms with Gasteiger partial charge in [0, 0.05) is 6.04 Å². The fourth-order valence-corrected chi connectivity index (χ4v) is 2.24. The molecule has 1 fully saturated rings. The van der Waals surface area contributed by atoms with Crippen molar-refractivity contribution in [1.82, 2.24) is 0 Å². The minimum Gasteiger partial charge on any atom is -0.327 e. The van der Waals surface area contributed by atoms with Gasteiger partial charge in [-0.1, -0.05) is 39.5 Å². The SMILES string of the molecule is CC(C)C(N)C1CCCCCC1. The molecule has 0 bridgehead atoms. The summed E-state index contributed by atoms with van der Waals surface area (Å²) in [7, 11) is 0. The van der Waals surface area contributed by atoms with E-state index in [1.165, 1.54) is 38.5 Å². The molecule has 1 saturated carbocycles. The molecule has 0 aliphatic heterocycles. The molecule has 1 atom stereocenters. The van der Waals surface area contributed by atoms with Crippen molar-refractivity contribution in [2.45, 2.75) is 58.4 Å². The van der Waals surface area contributed by atoms with Crippen molar-refractivity contribution >= 4 is 0 Å². The Morgan fingerprint density at radius 3 is 1.92 bits per heavy atom. The van der Waals surface area contributed by atoms with Gasteiger partial charge in [-0.2, -0.15) is 0 Å². The van der Waals surface area contributed by atoms with Crippen LogP contribution >= 0.6 is 0 Å². The lowest BCUT2D eigenvalue weighted by Gasteiger charge is -2.25. The predicted molar refractivity (Wildman–Crippen MR) is 54.0 cm³/mol. The molecule has 1 heteroatoms. The van der Waals surface area contributed by atoms with Gasteiger partial charge in [-0.25, -0.2) is 0 Å². The number of nitrogens with two attached hydrogens (primary N) is 1. The first-order valence-electron chi connectivity index (χ1n) is 5.47. The van der Waals surface area contributed by atoms with E-state index in [0.717, 1.165) is 5.92 Å². The molecule has 0 aromatic rings. The topological polar surface area (TPSA) is 26.0 Å². The summed E-state index contributed by atoms with van der Waals surface area (Å²) in [5.74, 6) is 1.47. The summed E-state index contributed by atoms with van der Waals surface area (Å²) in [6, 6.07) is 0.447. The minimum atomic E-state index is 0.447. The molecular weight excluding hydrogens is 146 g/mol. The fraction of sp³-hybridized carbons (Fsp3) is 1.00. The van der Waals surface area contributed by atoms with E-state index >= 15 is 0 Å². The van der Waals surface area contributed by atoms with Crippen LogP contribution in [0, 0.1) is 11.8 Å². The molecular formula is C11H23N. The van der Waals surface area contributed by atoms with E-state index in [4.69, 9.17) is 5.73 Å². The van der Waals surface area contributed by atoms with Gasteiger partial charge in [-0.05, 0) is 24.7 Å². The first kappa shape index (κ1) is 10.0. The zero-order valence-corrected chi connectivity index (χ0v) is 8.55. The molecule has 1 rings (SSSR count). The van der Waals surface area contributed by atoms with E-state index in [1.807, 2.05) is 0 Å². The van der Waals surface area contributed by atoms with Crippen molar-refractivity contribution in [2.24, 2.45) is 17.6 Å². The van der Waals surface area contributed by atoms with Crippen LogP contribution in [-0.4, -0.2) is 6.04 Å². The summed E-state index contributed by atoms with van der Waals surface area (Å²) in [5.41, 5.74) is 6.16. The van der Waals surface area contributed by atoms with E-state index in [9.17, 15) is 0 Å². The zero-order valence-electron chi connectivity index (χ0n) is 8.55. The highest BCUT2D eigenvalue weighted by Gasteiger charge is 2.21. The molecule has 72 valence electrons. The fourth-order valence-electron chi connectivity index (χ4n) is 2.24. The Hall–Kier alpha value is -0.0400. The number of rotatable bonds is 2. The normalized spacial score (nSPS) is 24.0. The highest BCUT2D eigenvalue weighted by Crippen LogP contribution is 2.27. The molecule has 0 heterocycles. The largest absolute Gasteiger partial charge is 0.327 e. The Morgan fingerprint density at radius 1 is 1.00 bits per heavy atom. The molecule has 1 nitrogen and oxygen atoms in total. The van der Waals surface area contributed by atoms with Gasteiger partial charge < -0.3 is 5.73 Å². The van der Waals surface area contributed by atoms with Gasteiger partial charge in [0.25, 0.3) is 0 Å². The third-order valence-electron chi connectivity index (χ3n) is 3.21. The maximum absolute atomic E-state index is 6.16. The standard InChI is InChI=1S/C11H23N/c1-9(2)11(12)10-7-5-3-4-6-8-10/h9-11H,3-8,12H2,1-2H3. The van der Waals surface area contributed by atoms with E-state index in [-0.39, 0.29) is 0 Å². The van der Waals surface area contributed by atoms with Crippen LogP contribution in [0.4, 0.5) is 0 Å². The quantitative estimate of drug-likeness (QED) is 0.632. The van der Waals surface area contributed by atoms with Gasteiger partial charge in [0.1, 0.15) is 0 Å². The summed E-state index contributed by atoms with van der Waals surface area (Å²) in [5, 5.41) is 0. The van der Waals surface area contributed by atoms with E-state index in [2.05, 4.69) is 13.8 Å². The van der Waals surface area contributed by atoms with Crippen molar-refractivity contribution in [1.29, 1.82) is 0 Å².